The Morgan fingerprint density at radius 3 is 2.71 bits per heavy atom. The number of hydrogen-bond donors (Lipinski definition) is 1. The van der Waals surface area contributed by atoms with Crippen LogP contribution in [0, 0.1) is 0 Å². The lowest BCUT2D eigenvalue weighted by Crippen LogP contribution is -2.30. The maximum Gasteiger partial charge on any atom is 0.265 e. The van der Waals surface area contributed by atoms with Crippen LogP contribution in [0.3, 0.4) is 0 Å². The van der Waals surface area contributed by atoms with E-state index in [4.69, 9.17) is 21.1 Å². The van der Waals surface area contributed by atoms with E-state index in [9.17, 15) is 4.79 Å². The number of nitrogens with one attached hydrogen (secondary N) is 1. The molecule has 0 fully saturated rings. The third kappa shape index (κ3) is 5.32. The lowest BCUT2D eigenvalue weighted by atomic mass is 10.2. The van der Waals surface area contributed by atoms with Crippen molar-refractivity contribution < 1.29 is 14.3 Å². The van der Waals surface area contributed by atoms with Gasteiger partial charge in [-0.2, -0.15) is 0 Å². The van der Waals surface area contributed by atoms with Crippen LogP contribution >= 0.6 is 11.6 Å². The van der Waals surface area contributed by atoms with Crippen molar-refractivity contribution in [3.8, 4) is 11.5 Å². The van der Waals surface area contributed by atoms with Crippen LogP contribution in [0.2, 0.25) is 5.02 Å². The van der Waals surface area contributed by atoms with Gasteiger partial charge in [-0.3, -0.25) is 4.79 Å². The summed E-state index contributed by atoms with van der Waals surface area (Å²) in [6, 6.07) is 14.2. The van der Waals surface area contributed by atoms with Gasteiger partial charge in [0, 0.05) is 11.8 Å². The molecule has 24 heavy (non-hydrogen) atoms. The molecule has 1 N–H and O–H groups in total. The van der Waals surface area contributed by atoms with Gasteiger partial charge in [-0.1, -0.05) is 36.4 Å². The summed E-state index contributed by atoms with van der Waals surface area (Å²) in [6.45, 7) is 7.78. The quantitative estimate of drug-likeness (QED) is 0.740. The number of carbonyl (C=O) groups is 1. The number of hydrogen-bond acceptors (Lipinski definition) is 3. The average molecular weight is 346 g/mol. The molecule has 0 radical (unpaired) electrons. The third-order valence-corrected chi connectivity index (χ3v) is 3.41. The highest BCUT2D eigenvalue weighted by atomic mass is 35.5. The number of anilines is 1. The molecule has 0 heterocycles. The van der Waals surface area contributed by atoms with E-state index in [1.807, 2.05) is 19.1 Å². The van der Waals surface area contributed by atoms with Crippen LogP contribution in [0.25, 0.3) is 0 Å². The van der Waals surface area contributed by atoms with Crippen molar-refractivity contribution in [3.05, 3.63) is 65.7 Å². The molecule has 0 aromatic heterocycles. The molecule has 0 saturated carbocycles. The number of benzene rings is 2. The molecule has 5 heteroatoms. The van der Waals surface area contributed by atoms with Crippen LogP contribution in [0.15, 0.2) is 60.7 Å². The molecule has 2 rings (SSSR count). The van der Waals surface area contributed by atoms with E-state index < -0.39 is 6.10 Å². The molecule has 0 aliphatic carbocycles. The number of ether oxygens (including phenoxy) is 2. The van der Waals surface area contributed by atoms with Crippen molar-refractivity contribution in [1.29, 1.82) is 0 Å². The summed E-state index contributed by atoms with van der Waals surface area (Å²) in [7, 11) is 0. The van der Waals surface area contributed by atoms with Gasteiger partial charge in [-0.15, -0.1) is 0 Å². The Balaban J connectivity index is 1.97. The number of para-hydroxylation sites is 1. The van der Waals surface area contributed by atoms with E-state index in [-0.39, 0.29) is 5.91 Å². The predicted molar refractivity (Wildman–Crippen MR) is 96.9 cm³/mol. The Morgan fingerprint density at radius 2 is 2.00 bits per heavy atom. The smallest absolute Gasteiger partial charge is 0.265 e. The van der Waals surface area contributed by atoms with Crippen LogP contribution in [-0.2, 0) is 4.79 Å². The normalized spacial score (nSPS) is 11.5. The second-order valence-electron chi connectivity index (χ2n) is 5.45. The SMILES string of the molecule is C=C(C)COc1cccc(NC(=O)C(C)Oc2ccccc2Cl)c1. The summed E-state index contributed by atoms with van der Waals surface area (Å²) >= 11 is 6.03. The Bertz CT molecular complexity index is 730. The monoisotopic (exact) mass is 345 g/mol. The molecule has 1 atom stereocenters. The van der Waals surface area contributed by atoms with Crippen LogP contribution in [0.4, 0.5) is 5.69 Å². The highest BCUT2D eigenvalue weighted by Gasteiger charge is 2.16. The fourth-order valence-corrected chi connectivity index (χ4v) is 2.08. The zero-order valence-corrected chi connectivity index (χ0v) is 14.5. The van der Waals surface area contributed by atoms with Gasteiger partial charge in [-0.25, -0.2) is 0 Å². The molecule has 0 aliphatic heterocycles. The van der Waals surface area contributed by atoms with Crippen LogP contribution < -0.4 is 14.8 Å². The topological polar surface area (TPSA) is 47.6 Å². The zero-order valence-electron chi connectivity index (χ0n) is 13.7. The van der Waals surface area contributed by atoms with Crippen LogP contribution in [0.5, 0.6) is 11.5 Å². The number of carbonyl (C=O) groups excluding carboxylic acids is 1. The number of amides is 1. The lowest BCUT2D eigenvalue weighted by molar-refractivity contribution is -0.122. The number of halogens is 1. The van der Waals surface area contributed by atoms with Gasteiger partial charge in [0.25, 0.3) is 5.91 Å². The van der Waals surface area contributed by atoms with E-state index in [1.54, 1.807) is 43.3 Å². The minimum atomic E-state index is -0.690. The first kappa shape index (κ1) is 17.9. The molecular weight excluding hydrogens is 326 g/mol. The summed E-state index contributed by atoms with van der Waals surface area (Å²) in [5.74, 6) is 0.864. The number of rotatable bonds is 7. The molecule has 4 nitrogen and oxygen atoms in total. The lowest BCUT2D eigenvalue weighted by Gasteiger charge is -2.16. The summed E-state index contributed by atoms with van der Waals surface area (Å²) in [4.78, 5) is 12.3. The van der Waals surface area contributed by atoms with E-state index in [0.29, 0.717) is 28.8 Å². The van der Waals surface area contributed by atoms with Crippen molar-refractivity contribution in [2.24, 2.45) is 0 Å². The summed E-state index contributed by atoms with van der Waals surface area (Å²) in [5, 5.41) is 3.27. The molecule has 2 aromatic rings. The van der Waals surface area contributed by atoms with E-state index in [1.165, 1.54) is 0 Å². The van der Waals surface area contributed by atoms with Gasteiger partial charge in [0.15, 0.2) is 6.10 Å². The fourth-order valence-electron chi connectivity index (χ4n) is 1.90. The molecule has 0 spiro atoms. The largest absolute Gasteiger partial charge is 0.489 e. The second kappa shape index (κ2) is 8.41. The summed E-state index contributed by atoms with van der Waals surface area (Å²) in [6.07, 6.45) is -0.690. The van der Waals surface area contributed by atoms with E-state index in [2.05, 4.69) is 11.9 Å². The molecule has 0 saturated heterocycles. The van der Waals surface area contributed by atoms with Gasteiger partial charge < -0.3 is 14.8 Å². The standard InChI is InChI=1S/C19H20ClNO3/c1-13(2)12-23-16-8-6-7-15(11-16)21-19(22)14(3)24-18-10-5-4-9-17(18)20/h4-11,14H,1,12H2,2-3H3,(H,21,22). The minimum Gasteiger partial charge on any atom is -0.489 e. The highest BCUT2D eigenvalue weighted by Crippen LogP contribution is 2.24. The van der Waals surface area contributed by atoms with E-state index in [0.717, 1.165) is 5.57 Å². The van der Waals surface area contributed by atoms with Gasteiger partial charge in [0.1, 0.15) is 18.1 Å². The van der Waals surface area contributed by atoms with Crippen molar-refractivity contribution in [2.45, 2.75) is 20.0 Å². The second-order valence-corrected chi connectivity index (χ2v) is 5.86. The Kier molecular flexibility index (Phi) is 6.27. The van der Waals surface area contributed by atoms with E-state index >= 15 is 0 Å². The molecule has 126 valence electrons. The molecule has 0 aliphatic rings. The molecule has 2 aromatic carbocycles. The Labute approximate surface area is 147 Å². The Hall–Kier alpha value is -2.46. The highest BCUT2D eigenvalue weighted by molar-refractivity contribution is 6.32. The first-order valence-electron chi connectivity index (χ1n) is 7.55. The van der Waals surface area contributed by atoms with Gasteiger partial charge >= 0.3 is 0 Å². The van der Waals surface area contributed by atoms with Crippen LogP contribution in [-0.4, -0.2) is 18.6 Å². The molecule has 0 bridgehead atoms. The van der Waals surface area contributed by atoms with Gasteiger partial charge in [0.2, 0.25) is 0 Å². The van der Waals surface area contributed by atoms with Crippen molar-refractivity contribution in [3.63, 3.8) is 0 Å². The fraction of sp³-hybridized carbons (Fsp3) is 0.211. The Morgan fingerprint density at radius 1 is 1.25 bits per heavy atom. The average Bonchev–Trinajstić information content (AvgIpc) is 2.55. The van der Waals surface area contributed by atoms with Gasteiger partial charge in [0.05, 0.1) is 5.02 Å². The molecule has 1 unspecified atom stereocenters. The van der Waals surface area contributed by atoms with Gasteiger partial charge in [-0.05, 0) is 43.7 Å². The van der Waals surface area contributed by atoms with Crippen molar-refractivity contribution in [1.82, 2.24) is 0 Å². The first-order valence-corrected chi connectivity index (χ1v) is 7.93. The zero-order chi connectivity index (χ0) is 17.5. The summed E-state index contributed by atoms with van der Waals surface area (Å²) in [5.41, 5.74) is 1.56. The maximum absolute atomic E-state index is 12.3. The van der Waals surface area contributed by atoms with Crippen molar-refractivity contribution in [2.75, 3.05) is 11.9 Å². The summed E-state index contributed by atoms with van der Waals surface area (Å²) < 4.78 is 11.2. The third-order valence-electron chi connectivity index (χ3n) is 3.10. The first-order chi connectivity index (χ1) is 11.5. The molecule has 1 amide bonds. The molecular formula is C19H20ClNO3. The van der Waals surface area contributed by atoms with Crippen LogP contribution in [0.1, 0.15) is 13.8 Å². The maximum atomic E-state index is 12.3. The van der Waals surface area contributed by atoms with Crippen molar-refractivity contribution >= 4 is 23.2 Å². The predicted octanol–water partition coefficient (Wildman–Crippen LogP) is 4.70. The minimum absolute atomic E-state index is 0.271.